The van der Waals surface area contributed by atoms with Gasteiger partial charge in [0.15, 0.2) is 5.82 Å². The molecule has 0 spiro atoms. The zero-order chi connectivity index (χ0) is 23.9. The van der Waals surface area contributed by atoms with Crippen molar-refractivity contribution in [1.29, 1.82) is 0 Å². The van der Waals surface area contributed by atoms with E-state index in [1.165, 1.54) is 0 Å². The Labute approximate surface area is 200 Å². The molecule has 0 amide bonds. The van der Waals surface area contributed by atoms with Crippen molar-refractivity contribution in [2.75, 3.05) is 11.9 Å². The lowest BCUT2D eigenvalue weighted by Crippen LogP contribution is -2.07. The quantitative estimate of drug-likeness (QED) is 0.272. The molecule has 0 fully saturated rings. The number of carbonyl (C=O) groups excluding carboxylic acids is 1. The first-order chi connectivity index (χ1) is 16.5. The summed E-state index contributed by atoms with van der Waals surface area (Å²) < 4.78 is 8.03. The molecule has 1 N–H and O–H groups in total. The monoisotopic (exact) mass is 459 g/mol. The fraction of sp³-hybridized carbons (Fsp3) is 0.407. The molecule has 0 saturated carbocycles. The van der Waals surface area contributed by atoms with Crippen LogP contribution in [0.5, 0.6) is 5.75 Å². The summed E-state index contributed by atoms with van der Waals surface area (Å²) in [6, 6.07) is 16.0. The number of benzene rings is 2. The van der Waals surface area contributed by atoms with E-state index in [4.69, 9.17) is 9.72 Å². The Bertz CT molecular complexity index is 1250. The van der Waals surface area contributed by atoms with Crippen molar-refractivity contribution >= 4 is 28.3 Å². The maximum atomic E-state index is 11.9. The van der Waals surface area contributed by atoms with E-state index in [1.54, 1.807) is 0 Å². The van der Waals surface area contributed by atoms with Crippen LogP contribution < -0.4 is 10.1 Å². The number of rotatable bonds is 12. The second-order valence-corrected chi connectivity index (χ2v) is 9.17. The normalized spacial score (nSPS) is 11.4. The third-order valence-electron chi connectivity index (χ3n) is 5.77. The van der Waals surface area contributed by atoms with Crippen molar-refractivity contribution in [2.24, 2.45) is 5.92 Å². The molecule has 7 heteroatoms. The third kappa shape index (κ3) is 5.90. The van der Waals surface area contributed by atoms with Gasteiger partial charge in [0.2, 0.25) is 5.65 Å². The predicted octanol–water partition coefficient (Wildman–Crippen LogP) is 5.75. The summed E-state index contributed by atoms with van der Waals surface area (Å²) in [5.74, 6) is 3.10. The van der Waals surface area contributed by atoms with Gasteiger partial charge in [-0.2, -0.15) is 0 Å². The molecule has 0 aliphatic carbocycles. The van der Waals surface area contributed by atoms with Gasteiger partial charge in [-0.05, 0) is 43.4 Å². The number of ether oxygens (including phenoxy) is 1. The molecule has 0 radical (unpaired) electrons. The predicted molar refractivity (Wildman–Crippen MR) is 135 cm³/mol. The smallest absolute Gasteiger partial charge is 0.204 e. The van der Waals surface area contributed by atoms with Crippen LogP contribution in [0.1, 0.15) is 57.3 Å². The lowest BCUT2D eigenvalue weighted by Gasteiger charge is -2.12. The van der Waals surface area contributed by atoms with E-state index >= 15 is 0 Å². The number of nitrogens with one attached hydrogen (secondary N) is 1. The summed E-state index contributed by atoms with van der Waals surface area (Å²) >= 11 is 0. The van der Waals surface area contributed by atoms with E-state index in [0.717, 1.165) is 59.6 Å². The summed E-state index contributed by atoms with van der Waals surface area (Å²) in [7, 11) is 0. The van der Waals surface area contributed by atoms with Crippen molar-refractivity contribution < 1.29 is 9.53 Å². The van der Waals surface area contributed by atoms with E-state index in [0.29, 0.717) is 37.0 Å². The van der Waals surface area contributed by atoms with Crippen LogP contribution in [-0.4, -0.2) is 31.9 Å². The van der Waals surface area contributed by atoms with Gasteiger partial charge >= 0.3 is 0 Å². The highest BCUT2D eigenvalue weighted by molar-refractivity contribution is 5.84. The van der Waals surface area contributed by atoms with Crippen molar-refractivity contribution in [3.05, 3.63) is 59.9 Å². The lowest BCUT2D eigenvalue weighted by molar-refractivity contribution is -0.119. The minimum absolute atomic E-state index is 0.366. The van der Waals surface area contributed by atoms with Crippen LogP contribution >= 0.6 is 0 Å². The van der Waals surface area contributed by atoms with Gasteiger partial charge in [0.25, 0.3) is 0 Å². The van der Waals surface area contributed by atoms with Gasteiger partial charge in [-0.3, -0.25) is 9.20 Å². The van der Waals surface area contributed by atoms with Gasteiger partial charge in [-0.1, -0.05) is 50.6 Å². The highest BCUT2D eigenvalue weighted by atomic mass is 16.5. The van der Waals surface area contributed by atoms with Crippen molar-refractivity contribution in [1.82, 2.24) is 19.6 Å². The molecule has 2 heterocycles. The van der Waals surface area contributed by atoms with E-state index in [2.05, 4.69) is 29.4 Å². The zero-order valence-electron chi connectivity index (χ0n) is 20.3. The summed E-state index contributed by atoms with van der Waals surface area (Å²) in [4.78, 5) is 16.7. The van der Waals surface area contributed by atoms with E-state index in [1.807, 2.05) is 59.9 Å². The molecule has 4 rings (SSSR count). The fourth-order valence-electron chi connectivity index (χ4n) is 4.09. The molecule has 0 saturated heterocycles. The first kappa shape index (κ1) is 23.7. The molecule has 178 valence electrons. The molecular weight excluding hydrogens is 426 g/mol. The van der Waals surface area contributed by atoms with Gasteiger partial charge < -0.3 is 10.1 Å². The number of ketones is 1. The summed E-state index contributed by atoms with van der Waals surface area (Å²) in [5, 5.41) is 12.0. The Balaban J connectivity index is 1.42. The Kier molecular flexibility index (Phi) is 7.72. The number of unbranched alkanes of at least 4 members (excludes halogenated alkanes) is 2. The first-order valence-corrected chi connectivity index (χ1v) is 12.1. The second-order valence-electron chi connectivity index (χ2n) is 9.17. The van der Waals surface area contributed by atoms with Gasteiger partial charge in [-0.15, -0.1) is 10.2 Å². The Morgan fingerprint density at radius 1 is 1.06 bits per heavy atom. The molecule has 34 heavy (non-hydrogen) atoms. The molecule has 4 aromatic rings. The topological polar surface area (TPSA) is 81.4 Å². The van der Waals surface area contributed by atoms with Gasteiger partial charge in [0.05, 0.1) is 11.0 Å². The highest BCUT2D eigenvalue weighted by Gasteiger charge is 2.14. The number of fused-ring (bicyclic) bond motifs is 3. The third-order valence-corrected chi connectivity index (χ3v) is 5.77. The van der Waals surface area contributed by atoms with Crippen LogP contribution in [-0.2, 0) is 11.4 Å². The highest BCUT2D eigenvalue weighted by Crippen LogP contribution is 2.25. The van der Waals surface area contributed by atoms with Crippen LogP contribution in [0.3, 0.4) is 0 Å². The lowest BCUT2D eigenvalue weighted by atomic mass is 10.0. The van der Waals surface area contributed by atoms with E-state index in [-0.39, 0.29) is 0 Å². The number of Topliss-reactive ketones (excluding diaryl/α,β-unsaturated/α-hetero) is 1. The number of aryl methyl sites for hydroxylation is 1. The van der Waals surface area contributed by atoms with E-state index in [9.17, 15) is 4.79 Å². The SMILES string of the molecule is Cc1nnc2c(NCCCCCC(=O)CC(C)C)nc3cc(OCc4ccccc4)ccc3n12. The number of carbonyl (C=O) groups is 1. The molecule has 2 aromatic heterocycles. The number of nitrogens with zero attached hydrogens (tertiary/aromatic N) is 4. The van der Waals surface area contributed by atoms with Gasteiger partial charge in [-0.25, -0.2) is 4.98 Å². The maximum Gasteiger partial charge on any atom is 0.204 e. The molecule has 2 aromatic carbocycles. The average molecular weight is 460 g/mol. The van der Waals surface area contributed by atoms with Crippen LogP contribution in [0.4, 0.5) is 5.82 Å². The minimum Gasteiger partial charge on any atom is -0.489 e. The van der Waals surface area contributed by atoms with Gasteiger partial charge in [0, 0.05) is 25.5 Å². The molecule has 0 atom stereocenters. The second kappa shape index (κ2) is 11.1. The first-order valence-electron chi connectivity index (χ1n) is 12.1. The van der Waals surface area contributed by atoms with Crippen LogP contribution in [0.2, 0.25) is 0 Å². The molecule has 0 bridgehead atoms. The van der Waals surface area contributed by atoms with Gasteiger partial charge in [0.1, 0.15) is 24.0 Å². The fourth-order valence-corrected chi connectivity index (χ4v) is 4.09. The summed E-state index contributed by atoms with van der Waals surface area (Å²) in [6.45, 7) is 7.39. The average Bonchev–Trinajstić information content (AvgIpc) is 3.22. The Hall–Kier alpha value is -3.48. The summed E-state index contributed by atoms with van der Waals surface area (Å²) in [5.41, 5.74) is 3.60. The van der Waals surface area contributed by atoms with Crippen molar-refractivity contribution in [3.63, 3.8) is 0 Å². The number of hydrogen-bond acceptors (Lipinski definition) is 6. The number of hydrogen-bond donors (Lipinski definition) is 1. The largest absolute Gasteiger partial charge is 0.489 e. The van der Waals surface area contributed by atoms with E-state index < -0.39 is 0 Å². The van der Waals surface area contributed by atoms with Crippen LogP contribution in [0, 0.1) is 12.8 Å². The Morgan fingerprint density at radius 3 is 2.68 bits per heavy atom. The molecule has 0 aliphatic heterocycles. The number of anilines is 1. The standard InChI is InChI=1S/C27H33N5O2/c1-19(2)16-22(33)12-8-5-9-15-28-26-27-31-30-20(3)32(27)25-14-13-23(17-24(25)29-26)34-18-21-10-6-4-7-11-21/h4,6-7,10-11,13-14,17,19H,5,8-9,12,15-16,18H2,1-3H3,(H,28,29). The number of aromatic nitrogens is 4. The molecule has 0 unspecified atom stereocenters. The van der Waals surface area contributed by atoms with Crippen molar-refractivity contribution in [3.8, 4) is 5.75 Å². The molecular formula is C27H33N5O2. The maximum absolute atomic E-state index is 11.9. The van der Waals surface area contributed by atoms with Crippen LogP contribution in [0.15, 0.2) is 48.5 Å². The van der Waals surface area contributed by atoms with Crippen LogP contribution in [0.25, 0.3) is 16.7 Å². The molecule has 0 aliphatic rings. The molecule has 7 nitrogen and oxygen atoms in total. The van der Waals surface area contributed by atoms with Crippen molar-refractivity contribution in [2.45, 2.75) is 59.5 Å². The minimum atomic E-state index is 0.366. The summed E-state index contributed by atoms with van der Waals surface area (Å²) in [6.07, 6.45) is 4.25. The Morgan fingerprint density at radius 2 is 1.88 bits per heavy atom. The zero-order valence-corrected chi connectivity index (χ0v) is 20.3.